The van der Waals surface area contributed by atoms with Gasteiger partial charge in [-0.2, -0.15) is 0 Å². The molecule has 0 aromatic carbocycles. The van der Waals surface area contributed by atoms with Crippen LogP contribution in [0, 0.1) is 5.92 Å². The van der Waals surface area contributed by atoms with Gasteiger partial charge in [0.2, 0.25) is 0 Å². The van der Waals surface area contributed by atoms with Crippen LogP contribution in [0.1, 0.15) is 19.8 Å². The molecule has 1 aliphatic rings. The van der Waals surface area contributed by atoms with Gasteiger partial charge in [-0.1, -0.05) is 12.2 Å². The maximum atomic E-state index is 11.3. The first-order valence-corrected chi connectivity index (χ1v) is 5.77. The van der Waals surface area contributed by atoms with Gasteiger partial charge in [-0.25, -0.2) is 0 Å². The third-order valence-electron chi connectivity index (χ3n) is 2.45. The maximum absolute atomic E-state index is 11.3. The van der Waals surface area contributed by atoms with Gasteiger partial charge in [-0.15, -0.1) is 0 Å². The van der Waals surface area contributed by atoms with Crippen LogP contribution in [0.2, 0.25) is 0 Å². The van der Waals surface area contributed by atoms with E-state index in [1.807, 2.05) is 19.1 Å². The monoisotopic (exact) mass is 243 g/mol. The molecule has 0 heterocycles. The van der Waals surface area contributed by atoms with Crippen LogP contribution in [0.5, 0.6) is 0 Å². The van der Waals surface area contributed by atoms with Crippen molar-refractivity contribution in [1.82, 2.24) is 5.32 Å². The smallest absolute Gasteiger partial charge is 0.312 e. The Kier molecular flexibility index (Phi) is 5.25. The van der Waals surface area contributed by atoms with Crippen LogP contribution >= 0.6 is 12.2 Å². The SMILES string of the molecule is CCOC(=S)NC1C=C[C@@H](C(=O)OC)CC1. The summed E-state index contributed by atoms with van der Waals surface area (Å²) in [7, 11) is 1.41. The number of carbonyl (C=O) groups is 1. The number of hydrogen-bond acceptors (Lipinski definition) is 4. The van der Waals surface area contributed by atoms with Gasteiger partial charge >= 0.3 is 5.97 Å². The first-order chi connectivity index (χ1) is 7.67. The van der Waals surface area contributed by atoms with E-state index in [0.29, 0.717) is 11.8 Å². The van der Waals surface area contributed by atoms with Gasteiger partial charge in [0, 0.05) is 6.04 Å². The van der Waals surface area contributed by atoms with Gasteiger partial charge in [-0.3, -0.25) is 4.79 Å². The second-order valence-electron chi connectivity index (χ2n) is 3.56. The highest BCUT2D eigenvalue weighted by molar-refractivity contribution is 7.80. The highest BCUT2D eigenvalue weighted by Gasteiger charge is 2.22. The van der Waals surface area contributed by atoms with E-state index < -0.39 is 0 Å². The van der Waals surface area contributed by atoms with Gasteiger partial charge in [0.1, 0.15) is 0 Å². The molecular weight excluding hydrogens is 226 g/mol. The van der Waals surface area contributed by atoms with Crippen LogP contribution in [-0.2, 0) is 14.3 Å². The summed E-state index contributed by atoms with van der Waals surface area (Å²) >= 11 is 4.98. The molecule has 90 valence electrons. The van der Waals surface area contributed by atoms with Crippen molar-refractivity contribution in [3.8, 4) is 0 Å². The zero-order valence-corrected chi connectivity index (χ0v) is 10.4. The van der Waals surface area contributed by atoms with Crippen LogP contribution in [0.3, 0.4) is 0 Å². The molecule has 1 unspecified atom stereocenters. The van der Waals surface area contributed by atoms with E-state index in [4.69, 9.17) is 17.0 Å². The van der Waals surface area contributed by atoms with Crippen LogP contribution in [0.15, 0.2) is 12.2 Å². The third-order valence-corrected chi connectivity index (χ3v) is 2.68. The molecule has 0 bridgehead atoms. The number of esters is 1. The van der Waals surface area contributed by atoms with Crippen molar-refractivity contribution in [2.45, 2.75) is 25.8 Å². The molecule has 0 radical (unpaired) electrons. The number of carbonyl (C=O) groups excluding carboxylic acids is 1. The topological polar surface area (TPSA) is 47.6 Å². The fraction of sp³-hybridized carbons (Fsp3) is 0.636. The summed E-state index contributed by atoms with van der Waals surface area (Å²) < 4.78 is 9.82. The van der Waals surface area contributed by atoms with Crippen molar-refractivity contribution in [2.75, 3.05) is 13.7 Å². The molecule has 0 spiro atoms. The van der Waals surface area contributed by atoms with Crippen LogP contribution in [0.4, 0.5) is 0 Å². The second-order valence-corrected chi connectivity index (χ2v) is 3.93. The number of hydrogen-bond donors (Lipinski definition) is 1. The molecule has 1 aliphatic carbocycles. The first-order valence-electron chi connectivity index (χ1n) is 5.36. The molecule has 0 aromatic rings. The highest BCUT2D eigenvalue weighted by atomic mass is 32.1. The normalized spacial score (nSPS) is 23.6. The van der Waals surface area contributed by atoms with E-state index in [1.54, 1.807) is 0 Å². The molecule has 16 heavy (non-hydrogen) atoms. The van der Waals surface area contributed by atoms with E-state index in [2.05, 4.69) is 10.1 Å². The minimum absolute atomic E-state index is 0.122. The molecule has 0 amide bonds. The second kappa shape index (κ2) is 6.48. The van der Waals surface area contributed by atoms with E-state index in [0.717, 1.165) is 12.8 Å². The number of ether oxygens (including phenoxy) is 2. The fourth-order valence-electron chi connectivity index (χ4n) is 1.61. The number of methoxy groups -OCH3 is 1. The Bertz CT molecular complexity index is 291. The summed E-state index contributed by atoms with van der Waals surface area (Å²) in [5.41, 5.74) is 0. The Labute approximate surface area is 101 Å². The summed E-state index contributed by atoms with van der Waals surface area (Å²) in [4.78, 5) is 11.3. The Morgan fingerprint density at radius 1 is 1.50 bits per heavy atom. The van der Waals surface area contributed by atoms with Crippen molar-refractivity contribution >= 4 is 23.4 Å². The lowest BCUT2D eigenvalue weighted by atomic mass is 9.93. The summed E-state index contributed by atoms with van der Waals surface area (Å²) in [6.07, 6.45) is 5.43. The Morgan fingerprint density at radius 3 is 2.75 bits per heavy atom. The summed E-state index contributed by atoms with van der Waals surface area (Å²) in [5.74, 6) is -0.300. The molecule has 1 N–H and O–H groups in total. The van der Waals surface area contributed by atoms with Gasteiger partial charge in [0.15, 0.2) is 0 Å². The van der Waals surface area contributed by atoms with Crippen LogP contribution in [-0.4, -0.2) is 30.9 Å². The lowest BCUT2D eigenvalue weighted by molar-refractivity contribution is -0.144. The third kappa shape index (κ3) is 3.81. The molecular formula is C11H17NO3S. The Balaban J connectivity index is 2.40. The predicted octanol–water partition coefficient (Wildman–Crippen LogP) is 1.41. The number of rotatable bonds is 3. The summed E-state index contributed by atoms with van der Waals surface area (Å²) in [5, 5.41) is 3.48. The van der Waals surface area contributed by atoms with Gasteiger partial charge in [-0.05, 0) is 32.0 Å². The molecule has 0 fully saturated rings. The zero-order chi connectivity index (χ0) is 12.0. The van der Waals surface area contributed by atoms with Crippen molar-refractivity contribution in [1.29, 1.82) is 0 Å². The Hall–Kier alpha value is -1.10. The van der Waals surface area contributed by atoms with Gasteiger partial charge in [0.25, 0.3) is 5.17 Å². The quantitative estimate of drug-likeness (QED) is 0.461. The lowest BCUT2D eigenvalue weighted by Gasteiger charge is -2.22. The zero-order valence-electron chi connectivity index (χ0n) is 9.56. The summed E-state index contributed by atoms with van der Waals surface area (Å²) in [6.45, 7) is 2.45. The van der Waals surface area contributed by atoms with Gasteiger partial charge in [0.05, 0.1) is 19.6 Å². The molecule has 4 nitrogen and oxygen atoms in total. The molecule has 0 aliphatic heterocycles. The largest absolute Gasteiger partial charge is 0.471 e. The Morgan fingerprint density at radius 2 is 2.25 bits per heavy atom. The molecule has 0 saturated carbocycles. The number of thiocarbonyl (C=S) groups is 1. The van der Waals surface area contributed by atoms with Crippen LogP contribution in [0.25, 0.3) is 0 Å². The summed E-state index contributed by atoms with van der Waals surface area (Å²) in [6, 6.07) is 0.153. The fourth-order valence-corrected chi connectivity index (χ4v) is 1.88. The minimum atomic E-state index is -0.179. The average Bonchev–Trinajstić information content (AvgIpc) is 2.29. The molecule has 5 heteroatoms. The lowest BCUT2D eigenvalue weighted by Crippen LogP contribution is -2.36. The molecule has 1 rings (SSSR count). The molecule has 0 saturated heterocycles. The predicted molar refractivity (Wildman–Crippen MR) is 65.0 cm³/mol. The van der Waals surface area contributed by atoms with E-state index >= 15 is 0 Å². The maximum Gasteiger partial charge on any atom is 0.312 e. The van der Waals surface area contributed by atoms with Gasteiger partial charge < -0.3 is 14.8 Å². The van der Waals surface area contributed by atoms with Crippen molar-refractivity contribution < 1.29 is 14.3 Å². The van der Waals surface area contributed by atoms with E-state index in [-0.39, 0.29) is 17.9 Å². The van der Waals surface area contributed by atoms with E-state index in [1.165, 1.54) is 7.11 Å². The molecule has 0 aromatic heterocycles. The average molecular weight is 243 g/mol. The minimum Gasteiger partial charge on any atom is -0.471 e. The standard InChI is InChI=1S/C11H17NO3S/c1-3-15-11(16)12-9-6-4-8(5-7-9)10(13)14-2/h4,6,8-9H,3,5,7H2,1-2H3,(H,12,16)/t8-,9?/m1/s1. The van der Waals surface area contributed by atoms with Crippen LogP contribution < -0.4 is 5.32 Å². The highest BCUT2D eigenvalue weighted by Crippen LogP contribution is 2.18. The number of nitrogens with one attached hydrogen (secondary N) is 1. The molecule has 2 atom stereocenters. The first kappa shape index (κ1) is 13.0. The van der Waals surface area contributed by atoms with Crippen molar-refractivity contribution in [2.24, 2.45) is 5.92 Å². The van der Waals surface area contributed by atoms with E-state index in [9.17, 15) is 4.79 Å². The van der Waals surface area contributed by atoms with Crippen molar-refractivity contribution in [3.63, 3.8) is 0 Å². The van der Waals surface area contributed by atoms with Crippen molar-refractivity contribution in [3.05, 3.63) is 12.2 Å².